The first kappa shape index (κ1) is 12.5. The van der Waals surface area contributed by atoms with E-state index >= 15 is 0 Å². The number of amidine groups is 1. The Morgan fingerprint density at radius 3 is 2.57 bits per heavy atom. The van der Waals surface area contributed by atoms with Crippen molar-refractivity contribution in [3.8, 4) is 17.2 Å². The van der Waals surface area contributed by atoms with Gasteiger partial charge in [-0.25, -0.2) is 4.99 Å². The maximum atomic E-state index is 9.82. The Kier molecular flexibility index (Phi) is 2.47. The first-order valence-electron chi connectivity index (χ1n) is 6.38. The van der Waals surface area contributed by atoms with E-state index in [2.05, 4.69) is 20.9 Å². The molecule has 0 amide bonds. The number of hydrogen-bond donors (Lipinski definition) is 2. The van der Waals surface area contributed by atoms with E-state index < -0.39 is 5.54 Å². The topological polar surface area (TPSA) is 77.1 Å². The molecule has 2 aromatic rings. The molecule has 0 saturated heterocycles. The van der Waals surface area contributed by atoms with Gasteiger partial charge >= 0.3 is 0 Å². The Hall–Kier alpha value is -2.21. The zero-order chi connectivity index (χ0) is 14.6. The summed E-state index contributed by atoms with van der Waals surface area (Å²) in [4.78, 5) is 4.50. The second-order valence-electron chi connectivity index (χ2n) is 5.02. The molecule has 4 rings (SSSR count). The minimum absolute atomic E-state index is 0.136. The standard InChI is InChI=1S/C15H11BrN2O3/c16-8-1-3-12-10(5-8)15(7-20-14(17)18-15)11-6-9(19)2-4-13(11)21-12/h1-6,19H,7H2,(H2,17,18). The fourth-order valence-corrected chi connectivity index (χ4v) is 3.18. The molecule has 106 valence electrons. The molecule has 2 aliphatic heterocycles. The summed E-state index contributed by atoms with van der Waals surface area (Å²) in [5.41, 5.74) is 6.56. The predicted octanol–water partition coefficient (Wildman–Crippen LogP) is 2.85. The highest BCUT2D eigenvalue weighted by atomic mass is 79.9. The highest BCUT2D eigenvalue weighted by Crippen LogP contribution is 2.51. The Labute approximate surface area is 129 Å². The summed E-state index contributed by atoms with van der Waals surface area (Å²) in [6, 6.07) is 10.8. The zero-order valence-corrected chi connectivity index (χ0v) is 12.4. The number of phenolic OH excluding ortho intramolecular Hbond substituents is 1. The van der Waals surface area contributed by atoms with E-state index in [1.54, 1.807) is 18.2 Å². The van der Waals surface area contributed by atoms with Gasteiger partial charge in [0.2, 0.25) is 0 Å². The zero-order valence-electron chi connectivity index (χ0n) is 10.8. The highest BCUT2D eigenvalue weighted by molar-refractivity contribution is 9.10. The summed E-state index contributed by atoms with van der Waals surface area (Å²) >= 11 is 3.46. The number of nitrogens with zero attached hydrogens (tertiary/aromatic N) is 1. The van der Waals surface area contributed by atoms with Crippen molar-refractivity contribution in [3.63, 3.8) is 0 Å². The molecule has 1 atom stereocenters. The second kappa shape index (κ2) is 4.14. The normalized spacial score (nSPS) is 22.0. The van der Waals surface area contributed by atoms with E-state index in [9.17, 15) is 5.11 Å². The molecule has 0 aromatic heterocycles. The number of rotatable bonds is 0. The van der Waals surface area contributed by atoms with E-state index in [4.69, 9.17) is 15.2 Å². The Morgan fingerprint density at radius 1 is 1.14 bits per heavy atom. The molecule has 3 N–H and O–H groups in total. The molecule has 0 radical (unpaired) electrons. The molecule has 2 aliphatic rings. The van der Waals surface area contributed by atoms with Crippen LogP contribution in [0.15, 0.2) is 45.9 Å². The van der Waals surface area contributed by atoms with Crippen molar-refractivity contribution in [3.05, 3.63) is 52.0 Å². The van der Waals surface area contributed by atoms with Crippen molar-refractivity contribution >= 4 is 22.0 Å². The van der Waals surface area contributed by atoms with Crippen LogP contribution in [-0.2, 0) is 10.3 Å². The minimum Gasteiger partial charge on any atom is -0.508 e. The lowest BCUT2D eigenvalue weighted by atomic mass is 9.81. The fourth-order valence-electron chi connectivity index (χ4n) is 2.82. The highest BCUT2D eigenvalue weighted by Gasteiger charge is 2.47. The fraction of sp³-hybridized carbons (Fsp3) is 0.133. The summed E-state index contributed by atoms with van der Waals surface area (Å²) in [6.07, 6.45) is 0. The number of benzene rings is 2. The third-order valence-corrected chi connectivity index (χ3v) is 4.24. The minimum atomic E-state index is -0.782. The lowest BCUT2D eigenvalue weighted by molar-refractivity contribution is 0.264. The van der Waals surface area contributed by atoms with E-state index in [0.29, 0.717) is 11.5 Å². The SMILES string of the molecule is NC1=NC2(CO1)c1cc(O)ccc1Oc1ccc(Br)cc12. The number of hydrogen-bond acceptors (Lipinski definition) is 5. The third-order valence-electron chi connectivity index (χ3n) is 3.75. The van der Waals surface area contributed by atoms with Crippen LogP contribution in [0.4, 0.5) is 0 Å². The average Bonchev–Trinajstić information content (AvgIpc) is 2.84. The van der Waals surface area contributed by atoms with E-state index in [0.717, 1.165) is 15.6 Å². The largest absolute Gasteiger partial charge is 0.508 e. The molecule has 0 aliphatic carbocycles. The summed E-state index contributed by atoms with van der Waals surface area (Å²) in [5, 5.41) is 9.82. The summed E-state index contributed by atoms with van der Waals surface area (Å²) < 4.78 is 12.2. The van der Waals surface area contributed by atoms with Gasteiger partial charge in [-0.15, -0.1) is 0 Å². The first-order valence-corrected chi connectivity index (χ1v) is 7.17. The molecular formula is C15H11BrN2O3. The smallest absolute Gasteiger partial charge is 0.283 e. The van der Waals surface area contributed by atoms with Gasteiger partial charge in [-0.05, 0) is 36.4 Å². The molecule has 6 heteroatoms. The molecule has 0 saturated carbocycles. The van der Waals surface area contributed by atoms with Gasteiger partial charge in [-0.2, -0.15) is 0 Å². The monoisotopic (exact) mass is 346 g/mol. The molecule has 2 heterocycles. The molecule has 1 unspecified atom stereocenters. The van der Waals surface area contributed by atoms with Crippen molar-refractivity contribution < 1.29 is 14.6 Å². The van der Waals surface area contributed by atoms with Crippen LogP contribution in [0.25, 0.3) is 0 Å². The van der Waals surface area contributed by atoms with Crippen molar-refractivity contribution in [2.75, 3.05) is 6.61 Å². The van der Waals surface area contributed by atoms with Gasteiger partial charge in [0.1, 0.15) is 23.9 Å². The van der Waals surface area contributed by atoms with E-state index in [1.165, 1.54) is 0 Å². The van der Waals surface area contributed by atoms with Crippen molar-refractivity contribution in [2.24, 2.45) is 10.7 Å². The van der Waals surface area contributed by atoms with Gasteiger partial charge in [-0.3, -0.25) is 0 Å². The maximum absolute atomic E-state index is 9.82. The third kappa shape index (κ3) is 1.72. The molecule has 21 heavy (non-hydrogen) atoms. The quantitative estimate of drug-likeness (QED) is 0.768. The van der Waals surface area contributed by atoms with Gasteiger partial charge in [0.05, 0.1) is 0 Å². The van der Waals surface area contributed by atoms with E-state index in [-0.39, 0.29) is 18.4 Å². The average molecular weight is 347 g/mol. The van der Waals surface area contributed by atoms with Gasteiger partial charge in [0, 0.05) is 15.6 Å². The van der Waals surface area contributed by atoms with Crippen molar-refractivity contribution in [2.45, 2.75) is 5.54 Å². The number of aliphatic imine (C=N–C) groups is 1. The maximum Gasteiger partial charge on any atom is 0.283 e. The molecule has 0 bridgehead atoms. The van der Waals surface area contributed by atoms with Crippen LogP contribution in [0, 0.1) is 0 Å². The molecular weight excluding hydrogens is 336 g/mol. The lowest BCUT2D eigenvalue weighted by Crippen LogP contribution is -2.31. The molecule has 0 fully saturated rings. The second-order valence-corrected chi connectivity index (χ2v) is 5.94. The van der Waals surface area contributed by atoms with Gasteiger partial charge < -0.3 is 20.3 Å². The number of halogens is 1. The Bertz CT molecular complexity index is 737. The number of phenols is 1. The number of ether oxygens (including phenoxy) is 2. The van der Waals surface area contributed by atoms with Crippen LogP contribution in [0.5, 0.6) is 17.2 Å². The van der Waals surface area contributed by atoms with Gasteiger partial charge in [-0.1, -0.05) is 15.9 Å². The summed E-state index contributed by atoms with van der Waals surface area (Å²) in [7, 11) is 0. The Morgan fingerprint density at radius 2 is 1.86 bits per heavy atom. The van der Waals surface area contributed by atoms with Gasteiger partial charge in [0.25, 0.3) is 6.02 Å². The Balaban J connectivity index is 2.05. The van der Waals surface area contributed by atoms with Crippen LogP contribution >= 0.6 is 15.9 Å². The number of nitrogens with two attached hydrogens (primary N) is 1. The van der Waals surface area contributed by atoms with Gasteiger partial charge in [0.15, 0.2) is 5.54 Å². The van der Waals surface area contributed by atoms with Crippen LogP contribution in [0.1, 0.15) is 11.1 Å². The van der Waals surface area contributed by atoms with Crippen LogP contribution in [0.2, 0.25) is 0 Å². The summed E-state index contributed by atoms with van der Waals surface area (Å²) in [5.74, 6) is 1.50. The molecule has 1 spiro atoms. The van der Waals surface area contributed by atoms with Crippen LogP contribution in [0.3, 0.4) is 0 Å². The van der Waals surface area contributed by atoms with E-state index in [1.807, 2.05) is 18.2 Å². The van der Waals surface area contributed by atoms with Crippen LogP contribution in [-0.4, -0.2) is 17.7 Å². The lowest BCUT2D eigenvalue weighted by Gasteiger charge is -2.33. The first-order chi connectivity index (χ1) is 10.1. The molecule has 5 nitrogen and oxygen atoms in total. The van der Waals surface area contributed by atoms with Crippen molar-refractivity contribution in [1.29, 1.82) is 0 Å². The van der Waals surface area contributed by atoms with Crippen molar-refractivity contribution in [1.82, 2.24) is 0 Å². The number of fused-ring (bicyclic) bond motifs is 4. The number of aromatic hydroxyl groups is 1. The predicted molar refractivity (Wildman–Crippen MR) is 80.7 cm³/mol. The van der Waals surface area contributed by atoms with Crippen LogP contribution < -0.4 is 10.5 Å². The summed E-state index contributed by atoms with van der Waals surface area (Å²) in [6.45, 7) is 0.280. The molecule has 2 aromatic carbocycles.